The van der Waals surface area contributed by atoms with Crippen LogP contribution >= 0.6 is 11.6 Å². The average molecular weight is 339 g/mol. The predicted octanol–water partition coefficient (Wildman–Crippen LogP) is 5.29. The number of hydrogen-bond donors (Lipinski definition) is 1. The van der Waals surface area contributed by atoms with E-state index in [-0.39, 0.29) is 5.56 Å². The van der Waals surface area contributed by atoms with E-state index >= 15 is 0 Å². The second-order valence-electron chi connectivity index (χ2n) is 5.79. The number of benzene rings is 2. The third kappa shape index (κ3) is 3.08. The van der Waals surface area contributed by atoms with Gasteiger partial charge in [0.15, 0.2) is 0 Å². The molecule has 3 rings (SSSR count). The lowest BCUT2D eigenvalue weighted by molar-refractivity contribution is 0.951. The van der Waals surface area contributed by atoms with Crippen molar-refractivity contribution < 1.29 is 0 Å². The van der Waals surface area contributed by atoms with Gasteiger partial charge in [-0.15, -0.1) is 0 Å². The zero-order valence-electron chi connectivity index (χ0n) is 13.8. The lowest BCUT2D eigenvalue weighted by Gasteiger charge is -2.13. The molecule has 3 nitrogen and oxygen atoms in total. The fraction of sp³-hybridized carbons (Fsp3) is 0.150. The molecule has 0 saturated heterocycles. The summed E-state index contributed by atoms with van der Waals surface area (Å²) in [5, 5.41) is 5.42. The molecule has 0 fully saturated rings. The minimum atomic E-state index is -0.0574. The van der Waals surface area contributed by atoms with Gasteiger partial charge < -0.3 is 5.32 Å². The molecule has 0 saturated carbocycles. The number of nitrogens with one attached hydrogen (secondary N) is 1. The number of anilines is 1. The summed E-state index contributed by atoms with van der Waals surface area (Å²) < 4.78 is 1.69. The average Bonchev–Trinajstić information content (AvgIpc) is 2.55. The maximum atomic E-state index is 13.0. The molecular weight excluding hydrogens is 320 g/mol. The molecule has 0 amide bonds. The van der Waals surface area contributed by atoms with E-state index in [0.29, 0.717) is 10.4 Å². The summed E-state index contributed by atoms with van der Waals surface area (Å²) in [7, 11) is 0. The number of allylic oxidation sites excluding steroid dienone is 1. The van der Waals surface area contributed by atoms with E-state index in [1.807, 2.05) is 50.2 Å². The molecule has 4 heteroatoms. The molecule has 0 aliphatic rings. The molecule has 24 heavy (non-hydrogen) atoms. The Morgan fingerprint density at radius 3 is 2.71 bits per heavy atom. The normalized spacial score (nSPS) is 10.8. The van der Waals surface area contributed by atoms with E-state index < -0.39 is 0 Å². The molecule has 122 valence electrons. The van der Waals surface area contributed by atoms with Gasteiger partial charge in [-0.05, 0) is 55.1 Å². The van der Waals surface area contributed by atoms with Crippen LogP contribution in [0.25, 0.3) is 16.5 Å². The van der Waals surface area contributed by atoms with Gasteiger partial charge in [-0.25, -0.2) is 0 Å². The van der Waals surface area contributed by atoms with E-state index in [9.17, 15) is 4.79 Å². The number of aryl methyl sites for hydroxylation is 1. The van der Waals surface area contributed by atoms with Gasteiger partial charge in [0.2, 0.25) is 0 Å². The highest BCUT2D eigenvalue weighted by Gasteiger charge is 2.10. The van der Waals surface area contributed by atoms with Crippen LogP contribution in [0.5, 0.6) is 0 Å². The monoisotopic (exact) mass is 338 g/mol. The number of fused-ring (bicyclic) bond motifs is 1. The number of hydrogen-bond acceptors (Lipinski definition) is 2. The van der Waals surface area contributed by atoms with Gasteiger partial charge in [0.05, 0.1) is 5.69 Å². The zero-order chi connectivity index (χ0) is 17.3. The molecule has 1 aromatic heterocycles. The zero-order valence-corrected chi connectivity index (χ0v) is 14.5. The largest absolute Gasteiger partial charge is 0.359 e. The van der Waals surface area contributed by atoms with Crippen molar-refractivity contribution in [2.45, 2.75) is 20.3 Å². The lowest BCUT2D eigenvalue weighted by Crippen LogP contribution is -2.20. The first-order chi connectivity index (χ1) is 11.5. The van der Waals surface area contributed by atoms with Crippen LogP contribution in [0.15, 0.2) is 65.6 Å². The van der Waals surface area contributed by atoms with Gasteiger partial charge in [0.1, 0.15) is 0 Å². The molecule has 1 N–H and O–H groups in total. The van der Waals surface area contributed by atoms with E-state index in [4.69, 9.17) is 11.6 Å². The molecular formula is C20H19ClN2O. The predicted molar refractivity (Wildman–Crippen MR) is 102 cm³/mol. The van der Waals surface area contributed by atoms with Crippen molar-refractivity contribution in [2.75, 3.05) is 5.32 Å². The summed E-state index contributed by atoms with van der Waals surface area (Å²) in [6.07, 6.45) is 0.832. The van der Waals surface area contributed by atoms with Crippen molar-refractivity contribution in [1.82, 2.24) is 4.57 Å². The van der Waals surface area contributed by atoms with E-state index in [1.165, 1.54) is 0 Å². The van der Waals surface area contributed by atoms with Crippen molar-refractivity contribution in [1.29, 1.82) is 0 Å². The number of aromatic nitrogens is 1. The molecule has 3 aromatic rings. The van der Waals surface area contributed by atoms with Crippen LogP contribution in [-0.2, 0) is 0 Å². The van der Waals surface area contributed by atoms with Gasteiger partial charge in [0.25, 0.3) is 5.56 Å². The highest BCUT2D eigenvalue weighted by atomic mass is 35.5. The molecule has 2 aromatic carbocycles. The van der Waals surface area contributed by atoms with E-state index in [2.05, 4.69) is 11.9 Å². The maximum absolute atomic E-state index is 13.0. The Balaban J connectivity index is 2.21. The van der Waals surface area contributed by atoms with Gasteiger partial charge >= 0.3 is 0 Å². The number of nitrogens with zero attached hydrogens (tertiary/aromatic N) is 1. The Kier molecular flexibility index (Phi) is 4.45. The van der Waals surface area contributed by atoms with Crippen molar-refractivity contribution in [3.05, 3.63) is 81.9 Å². The third-order valence-electron chi connectivity index (χ3n) is 4.02. The highest BCUT2D eigenvalue weighted by molar-refractivity contribution is 6.30. The van der Waals surface area contributed by atoms with Gasteiger partial charge in [-0.1, -0.05) is 37.2 Å². The van der Waals surface area contributed by atoms with Crippen LogP contribution in [0.2, 0.25) is 5.02 Å². The van der Waals surface area contributed by atoms with Crippen molar-refractivity contribution in [3.63, 3.8) is 0 Å². The Bertz CT molecular complexity index is 989. The molecule has 0 unspecified atom stereocenters. The van der Waals surface area contributed by atoms with Gasteiger partial charge in [-0.2, -0.15) is 0 Å². The number of rotatable bonds is 4. The second kappa shape index (κ2) is 6.54. The molecule has 0 spiro atoms. The smallest absolute Gasteiger partial charge is 0.263 e. The molecule has 0 radical (unpaired) electrons. The molecule has 1 heterocycles. The summed E-state index contributed by atoms with van der Waals surface area (Å²) in [5.41, 5.74) is 3.36. The van der Waals surface area contributed by atoms with Crippen molar-refractivity contribution in [2.24, 2.45) is 0 Å². The summed E-state index contributed by atoms with van der Waals surface area (Å²) >= 11 is 6.08. The molecule has 0 atom stereocenters. The van der Waals surface area contributed by atoms with Crippen LogP contribution in [0.1, 0.15) is 19.0 Å². The van der Waals surface area contributed by atoms with Crippen molar-refractivity contribution >= 4 is 28.1 Å². The number of halogens is 1. The Morgan fingerprint density at radius 1 is 1.21 bits per heavy atom. The Hall–Kier alpha value is -2.52. The number of pyridine rings is 1. The highest BCUT2D eigenvalue weighted by Crippen LogP contribution is 2.21. The first kappa shape index (κ1) is 16.3. The van der Waals surface area contributed by atoms with E-state index in [0.717, 1.165) is 34.6 Å². The summed E-state index contributed by atoms with van der Waals surface area (Å²) in [4.78, 5) is 13.0. The van der Waals surface area contributed by atoms with Crippen LogP contribution in [0, 0.1) is 6.92 Å². The standard InChI is InChI=1S/C20H19ClN2O/c1-4-13(2)22-17-9-8-15-10-14(3)23(20(24)19(15)12-17)18-7-5-6-16(21)11-18/h5-12,22H,2,4H2,1,3H3. The lowest BCUT2D eigenvalue weighted by atomic mass is 10.1. The quantitative estimate of drug-likeness (QED) is 0.701. The minimum absolute atomic E-state index is 0.0574. The van der Waals surface area contributed by atoms with Crippen LogP contribution in [0.3, 0.4) is 0 Å². The molecule has 0 aliphatic carbocycles. The SMILES string of the molecule is C=C(CC)Nc1ccc2cc(C)n(-c3cccc(Cl)c3)c(=O)c2c1. The van der Waals surface area contributed by atoms with E-state index in [1.54, 1.807) is 16.7 Å². The maximum Gasteiger partial charge on any atom is 0.263 e. The van der Waals surface area contributed by atoms with Crippen LogP contribution in [0.4, 0.5) is 5.69 Å². The third-order valence-corrected chi connectivity index (χ3v) is 4.25. The minimum Gasteiger partial charge on any atom is -0.359 e. The summed E-state index contributed by atoms with van der Waals surface area (Å²) in [5.74, 6) is 0. The molecule has 0 bridgehead atoms. The second-order valence-corrected chi connectivity index (χ2v) is 6.23. The molecule has 0 aliphatic heterocycles. The van der Waals surface area contributed by atoms with Gasteiger partial charge in [-0.3, -0.25) is 9.36 Å². The van der Waals surface area contributed by atoms with Crippen LogP contribution < -0.4 is 10.9 Å². The fourth-order valence-electron chi connectivity index (χ4n) is 2.74. The Labute approximate surface area is 146 Å². The Morgan fingerprint density at radius 2 is 2.00 bits per heavy atom. The summed E-state index contributed by atoms with van der Waals surface area (Å²) in [6.45, 7) is 7.91. The topological polar surface area (TPSA) is 34.0 Å². The summed E-state index contributed by atoms with van der Waals surface area (Å²) in [6, 6.07) is 15.1. The van der Waals surface area contributed by atoms with Crippen LogP contribution in [-0.4, -0.2) is 4.57 Å². The van der Waals surface area contributed by atoms with Gasteiger partial charge in [0, 0.05) is 27.5 Å². The first-order valence-corrected chi connectivity index (χ1v) is 8.24. The fourth-order valence-corrected chi connectivity index (χ4v) is 2.93. The first-order valence-electron chi connectivity index (χ1n) is 7.86. The van der Waals surface area contributed by atoms with Crippen molar-refractivity contribution in [3.8, 4) is 5.69 Å².